The number of amides is 1. The van der Waals surface area contributed by atoms with E-state index in [1.807, 2.05) is 12.1 Å². The Morgan fingerprint density at radius 3 is 2.24 bits per heavy atom. The van der Waals surface area contributed by atoms with E-state index < -0.39 is 11.3 Å². The number of nitrogens with zero attached hydrogens (tertiary/aromatic N) is 2. The predicted octanol–water partition coefficient (Wildman–Crippen LogP) is 1.01. The van der Waals surface area contributed by atoms with Gasteiger partial charge in [0.25, 0.3) is 0 Å². The number of hydrogen-bond acceptors (Lipinski definition) is 6. The van der Waals surface area contributed by atoms with Gasteiger partial charge in [0.1, 0.15) is 0 Å². The average Bonchev–Trinajstić information content (AvgIpc) is 2.73. The molecule has 0 unspecified atom stereocenters. The molecule has 5 N–H and O–H groups in total. The molecule has 102 valence electrons. The van der Waals surface area contributed by atoms with Gasteiger partial charge in [-0.25, -0.2) is 0 Å². The van der Waals surface area contributed by atoms with Gasteiger partial charge in [-0.1, -0.05) is 30.0 Å². The van der Waals surface area contributed by atoms with Crippen molar-refractivity contribution in [2.75, 3.05) is 5.32 Å². The van der Waals surface area contributed by atoms with Gasteiger partial charge in [0.2, 0.25) is 5.91 Å². The molecule has 3 rings (SSSR count). The highest BCUT2D eigenvalue weighted by atomic mass is 32.2. The van der Waals surface area contributed by atoms with E-state index in [0.29, 0.717) is 11.3 Å². The molecule has 1 aromatic carbocycles. The fraction of sp³-hybridized carbons (Fsp3) is 0.0714. The van der Waals surface area contributed by atoms with Crippen LogP contribution in [0.1, 0.15) is 5.56 Å². The van der Waals surface area contributed by atoms with E-state index >= 15 is 0 Å². The van der Waals surface area contributed by atoms with Crippen LogP contribution in [0.25, 0.3) is 0 Å². The molecule has 2 aliphatic rings. The van der Waals surface area contributed by atoms with E-state index in [-0.39, 0.29) is 21.2 Å². The molecule has 0 fully saturated rings. The number of carbonyl (C=O) groups excluding carboxylic acids is 1. The molecular weight excluding hydrogens is 286 g/mol. The van der Waals surface area contributed by atoms with Crippen LogP contribution in [0.3, 0.4) is 0 Å². The summed E-state index contributed by atoms with van der Waals surface area (Å²) in [6, 6.07) is 10.8. The summed E-state index contributed by atoms with van der Waals surface area (Å²) in [4.78, 5) is 12.6. The number of hydrogen-bond donors (Lipinski definition) is 3. The van der Waals surface area contributed by atoms with Crippen molar-refractivity contribution in [3.8, 4) is 12.1 Å². The molecule has 1 amide bonds. The summed E-state index contributed by atoms with van der Waals surface area (Å²) in [6.07, 6.45) is 0. The molecule has 2 heterocycles. The molecule has 0 bridgehead atoms. The number of para-hydroxylation sites is 1. The van der Waals surface area contributed by atoms with Crippen molar-refractivity contribution in [3.05, 3.63) is 51.0 Å². The topological polar surface area (TPSA) is 129 Å². The van der Waals surface area contributed by atoms with Crippen molar-refractivity contribution in [2.24, 2.45) is 11.5 Å². The maximum Gasteiger partial charge on any atom is 0.245 e. The molecule has 7 heteroatoms. The van der Waals surface area contributed by atoms with E-state index in [1.165, 1.54) is 0 Å². The molecule has 0 aromatic heterocycles. The molecule has 1 spiro atoms. The standard InChI is InChI=1S/C14H9N5OS/c15-5-8-11(17)21-12(18)9(6-16)14(8)7-3-1-2-4-10(7)19-13(14)20/h1-4H,17-18H2,(H,19,20). The van der Waals surface area contributed by atoms with E-state index in [1.54, 1.807) is 24.3 Å². The van der Waals surface area contributed by atoms with Crippen LogP contribution in [0.4, 0.5) is 5.69 Å². The van der Waals surface area contributed by atoms with Gasteiger partial charge in [0.05, 0.1) is 33.3 Å². The molecule has 0 aliphatic carbocycles. The Labute approximate surface area is 124 Å². The minimum atomic E-state index is -1.54. The summed E-state index contributed by atoms with van der Waals surface area (Å²) in [5.41, 5.74) is 11.4. The number of benzene rings is 1. The first-order valence-corrected chi connectivity index (χ1v) is 6.78. The van der Waals surface area contributed by atoms with Crippen molar-refractivity contribution in [3.63, 3.8) is 0 Å². The maximum atomic E-state index is 12.6. The first kappa shape index (κ1) is 13.1. The SMILES string of the molecule is N#CC1=C(N)SC(N)=C(C#N)C12C(=O)Nc1ccccc12. The number of carbonyl (C=O) groups is 1. The lowest BCUT2D eigenvalue weighted by molar-refractivity contribution is -0.118. The second-order valence-electron chi connectivity index (χ2n) is 4.55. The van der Waals surface area contributed by atoms with Crippen LogP contribution < -0.4 is 16.8 Å². The molecule has 1 aromatic rings. The second-order valence-corrected chi connectivity index (χ2v) is 5.64. The van der Waals surface area contributed by atoms with Crippen molar-refractivity contribution in [1.29, 1.82) is 10.5 Å². The van der Waals surface area contributed by atoms with Gasteiger partial charge in [-0.05, 0) is 6.07 Å². The molecule has 0 saturated carbocycles. The van der Waals surface area contributed by atoms with Gasteiger partial charge in [-0.2, -0.15) is 10.5 Å². The van der Waals surface area contributed by atoms with Crippen molar-refractivity contribution in [2.45, 2.75) is 5.41 Å². The first-order valence-electron chi connectivity index (χ1n) is 5.96. The largest absolute Gasteiger partial charge is 0.392 e. The first-order chi connectivity index (χ1) is 10.1. The highest BCUT2D eigenvalue weighted by Crippen LogP contribution is 2.53. The zero-order valence-electron chi connectivity index (χ0n) is 10.7. The maximum absolute atomic E-state index is 12.6. The van der Waals surface area contributed by atoms with E-state index in [2.05, 4.69) is 5.32 Å². The summed E-state index contributed by atoms with van der Waals surface area (Å²) in [6.45, 7) is 0. The van der Waals surface area contributed by atoms with E-state index in [4.69, 9.17) is 11.5 Å². The van der Waals surface area contributed by atoms with Crippen LogP contribution in [-0.4, -0.2) is 5.91 Å². The van der Waals surface area contributed by atoms with E-state index in [9.17, 15) is 15.3 Å². The number of rotatable bonds is 0. The van der Waals surface area contributed by atoms with Crippen LogP contribution in [0.15, 0.2) is 45.5 Å². The Morgan fingerprint density at radius 1 is 1.10 bits per heavy atom. The normalized spacial score (nSPS) is 19.0. The lowest BCUT2D eigenvalue weighted by Gasteiger charge is -2.31. The zero-order chi connectivity index (χ0) is 15.2. The predicted molar refractivity (Wildman–Crippen MR) is 78.0 cm³/mol. The van der Waals surface area contributed by atoms with Gasteiger partial charge in [-0.3, -0.25) is 4.79 Å². The fourth-order valence-corrected chi connectivity index (χ4v) is 3.59. The Morgan fingerprint density at radius 2 is 1.67 bits per heavy atom. The number of anilines is 1. The molecule has 21 heavy (non-hydrogen) atoms. The van der Waals surface area contributed by atoms with Crippen molar-refractivity contribution < 1.29 is 4.79 Å². The smallest absolute Gasteiger partial charge is 0.245 e. The third-order valence-corrected chi connectivity index (χ3v) is 4.45. The van der Waals surface area contributed by atoms with E-state index in [0.717, 1.165) is 11.8 Å². The lowest BCUT2D eigenvalue weighted by atomic mass is 9.70. The second kappa shape index (κ2) is 4.30. The van der Waals surface area contributed by atoms with Crippen molar-refractivity contribution in [1.82, 2.24) is 0 Å². The summed E-state index contributed by atoms with van der Waals surface area (Å²) >= 11 is 0.934. The minimum Gasteiger partial charge on any atom is -0.392 e. The molecule has 2 aliphatic heterocycles. The van der Waals surface area contributed by atoms with Gasteiger partial charge in [-0.15, -0.1) is 0 Å². The highest BCUT2D eigenvalue weighted by Gasteiger charge is 2.56. The molecule has 0 radical (unpaired) electrons. The van der Waals surface area contributed by atoms with Gasteiger partial charge in [0.15, 0.2) is 5.41 Å². The summed E-state index contributed by atoms with van der Waals surface area (Å²) in [7, 11) is 0. The Kier molecular flexibility index (Phi) is 2.68. The number of fused-ring (bicyclic) bond motifs is 2. The van der Waals surface area contributed by atoms with Gasteiger partial charge in [0, 0.05) is 11.3 Å². The van der Waals surface area contributed by atoms with Crippen LogP contribution >= 0.6 is 11.8 Å². The fourth-order valence-electron chi connectivity index (χ4n) is 2.75. The monoisotopic (exact) mass is 295 g/mol. The third-order valence-electron chi connectivity index (χ3n) is 3.61. The molecule has 6 nitrogen and oxygen atoms in total. The molecule has 0 atom stereocenters. The highest BCUT2D eigenvalue weighted by molar-refractivity contribution is 8.06. The Bertz CT molecular complexity index is 789. The lowest BCUT2D eigenvalue weighted by Crippen LogP contribution is -2.42. The Balaban J connectivity index is 2.46. The summed E-state index contributed by atoms with van der Waals surface area (Å²) < 4.78 is 0. The number of nitrogens with one attached hydrogen (secondary N) is 1. The number of nitriles is 2. The van der Waals surface area contributed by atoms with Crippen LogP contribution in [0.5, 0.6) is 0 Å². The number of nitrogens with two attached hydrogens (primary N) is 2. The summed E-state index contributed by atoms with van der Waals surface area (Å²) in [5.74, 6) is -0.483. The quantitative estimate of drug-likeness (QED) is 0.655. The van der Waals surface area contributed by atoms with Crippen LogP contribution in [-0.2, 0) is 10.2 Å². The van der Waals surface area contributed by atoms with Gasteiger partial charge >= 0.3 is 0 Å². The average molecular weight is 295 g/mol. The Hall–Kier alpha value is -2.90. The van der Waals surface area contributed by atoms with Crippen LogP contribution in [0.2, 0.25) is 0 Å². The van der Waals surface area contributed by atoms with Crippen LogP contribution in [0, 0.1) is 22.7 Å². The number of thioether (sulfide) groups is 1. The molecular formula is C14H9N5OS. The minimum absolute atomic E-state index is 0.0423. The molecule has 0 saturated heterocycles. The zero-order valence-corrected chi connectivity index (χ0v) is 11.5. The summed E-state index contributed by atoms with van der Waals surface area (Å²) in [5, 5.41) is 21.9. The third kappa shape index (κ3) is 1.44. The van der Waals surface area contributed by atoms with Crippen molar-refractivity contribution >= 4 is 23.4 Å². The van der Waals surface area contributed by atoms with Gasteiger partial charge < -0.3 is 16.8 Å².